The normalized spacial score (nSPS) is 24.1. The largest absolute Gasteiger partial charge is 0.434 e. The number of aliphatic hydroxyl groups excluding tert-OH is 1. The first-order valence-electron chi connectivity index (χ1n) is 14.4. The zero-order valence-electron chi connectivity index (χ0n) is 23.5. The number of ether oxygens (including phenoxy) is 1. The van der Waals surface area contributed by atoms with Gasteiger partial charge in [0.2, 0.25) is 0 Å². The second-order valence-electron chi connectivity index (χ2n) is 11.4. The van der Waals surface area contributed by atoms with Gasteiger partial charge in [-0.25, -0.2) is 9.48 Å². The minimum atomic E-state index is -5.75. The second kappa shape index (κ2) is 12.3. The number of piperidine rings is 1. The van der Waals surface area contributed by atoms with Gasteiger partial charge in [0.05, 0.1) is 23.2 Å². The molecule has 1 unspecified atom stereocenters. The Kier molecular flexibility index (Phi) is 8.87. The molecule has 1 aromatic carbocycles. The summed E-state index contributed by atoms with van der Waals surface area (Å²) in [5.74, 6) is 0.362. The van der Waals surface area contributed by atoms with E-state index < -0.39 is 24.5 Å². The Balaban J connectivity index is 1.21. The maximum absolute atomic E-state index is 12.8. The van der Waals surface area contributed by atoms with Gasteiger partial charge in [0, 0.05) is 42.8 Å². The summed E-state index contributed by atoms with van der Waals surface area (Å²) in [5, 5.41) is 23.8. The van der Waals surface area contributed by atoms with Crippen molar-refractivity contribution >= 4 is 17.5 Å². The lowest BCUT2D eigenvalue weighted by Crippen LogP contribution is -2.49. The number of carbonyl (C=O) groups excluding carboxylic acids is 1. The third kappa shape index (κ3) is 7.05. The zero-order valence-corrected chi connectivity index (χ0v) is 23.5. The molecule has 2 aliphatic heterocycles. The lowest BCUT2D eigenvalue weighted by molar-refractivity contribution is -0.308. The van der Waals surface area contributed by atoms with Gasteiger partial charge in [0.1, 0.15) is 0 Å². The van der Waals surface area contributed by atoms with Crippen molar-refractivity contribution < 1.29 is 41.0 Å². The van der Waals surface area contributed by atoms with Gasteiger partial charge in [-0.3, -0.25) is 0 Å². The number of fused-ring (bicyclic) bond motifs is 1. The minimum Gasteiger partial charge on any atom is -0.426 e. The molecule has 1 aliphatic carbocycles. The molecule has 8 nitrogen and oxygen atoms in total. The monoisotopic (exact) mass is 613 g/mol. The highest BCUT2D eigenvalue weighted by Crippen LogP contribution is 2.37. The summed E-state index contributed by atoms with van der Waals surface area (Å²) in [7, 11) is 0. The quantitative estimate of drug-likeness (QED) is 0.403. The van der Waals surface area contributed by atoms with Crippen molar-refractivity contribution in [1.29, 1.82) is 0 Å². The fourth-order valence-corrected chi connectivity index (χ4v) is 6.21. The Morgan fingerprint density at radius 3 is 2.23 bits per heavy atom. The molecule has 1 amide bonds. The van der Waals surface area contributed by atoms with Gasteiger partial charge >= 0.3 is 18.4 Å². The van der Waals surface area contributed by atoms with Crippen LogP contribution in [0.15, 0.2) is 46.7 Å². The predicted octanol–water partition coefficient (Wildman–Crippen LogP) is 6.42. The van der Waals surface area contributed by atoms with Gasteiger partial charge in [-0.05, 0) is 69.2 Å². The van der Waals surface area contributed by atoms with Crippen LogP contribution in [-0.4, -0.2) is 75.0 Å². The van der Waals surface area contributed by atoms with E-state index in [4.69, 9.17) is 0 Å². The summed E-state index contributed by atoms with van der Waals surface area (Å²) < 4.78 is 82.1. The highest BCUT2D eigenvalue weighted by atomic mass is 19.4. The van der Waals surface area contributed by atoms with Crippen LogP contribution in [0.4, 0.5) is 31.1 Å². The molecule has 14 heteroatoms. The van der Waals surface area contributed by atoms with E-state index in [1.807, 2.05) is 37.3 Å². The third-order valence-corrected chi connectivity index (χ3v) is 8.57. The van der Waals surface area contributed by atoms with Gasteiger partial charge in [-0.15, -0.1) is 0 Å². The number of nitrogens with zero attached hydrogens (tertiary/aromatic N) is 5. The maximum Gasteiger partial charge on any atom is 0.434 e. The molecule has 3 heterocycles. The Labute approximate surface area is 244 Å². The van der Waals surface area contributed by atoms with Crippen LogP contribution >= 0.6 is 0 Å². The number of amides is 1. The molecule has 0 bridgehead atoms. The van der Waals surface area contributed by atoms with Gasteiger partial charge in [-0.2, -0.15) is 41.6 Å². The van der Waals surface area contributed by atoms with Crippen LogP contribution in [0.1, 0.15) is 69.0 Å². The van der Waals surface area contributed by atoms with Gasteiger partial charge in [-0.1, -0.05) is 18.6 Å². The molecule has 1 N–H and O–H groups in total. The first kappa shape index (κ1) is 31.0. The van der Waals surface area contributed by atoms with E-state index in [1.54, 1.807) is 10.9 Å². The van der Waals surface area contributed by atoms with E-state index in [2.05, 4.69) is 20.0 Å². The van der Waals surface area contributed by atoms with Gasteiger partial charge in [0.25, 0.3) is 6.10 Å². The highest BCUT2D eigenvalue weighted by Gasteiger charge is 2.60. The summed E-state index contributed by atoms with van der Waals surface area (Å²) in [6.45, 7) is 1.88. The van der Waals surface area contributed by atoms with Crippen molar-refractivity contribution in [3.05, 3.63) is 47.8 Å². The summed E-state index contributed by atoms with van der Waals surface area (Å²) in [5.41, 5.74) is 4.43. The summed E-state index contributed by atoms with van der Waals surface area (Å²) >= 11 is 0. The Bertz CT molecular complexity index is 1330. The number of carbonyl (C=O) groups is 1. The molecule has 0 radical (unpaired) electrons. The van der Waals surface area contributed by atoms with Crippen LogP contribution in [-0.2, 0) is 4.74 Å². The average Bonchev–Trinajstić information content (AvgIpc) is 3.44. The van der Waals surface area contributed by atoms with Crippen LogP contribution in [0.5, 0.6) is 0 Å². The fourth-order valence-electron chi connectivity index (χ4n) is 6.21. The first-order chi connectivity index (χ1) is 20.3. The van der Waals surface area contributed by atoms with E-state index in [0.29, 0.717) is 18.5 Å². The number of likely N-dealkylation sites (tertiary alicyclic amines) is 1. The van der Waals surface area contributed by atoms with Gasteiger partial charge in [0.15, 0.2) is 0 Å². The summed E-state index contributed by atoms with van der Waals surface area (Å²) in [4.78, 5) is 12.9. The lowest BCUT2D eigenvalue weighted by Gasteiger charge is -2.33. The highest BCUT2D eigenvalue weighted by molar-refractivity contribution is 6.07. The number of hydrogen-bond donors (Lipinski definition) is 1. The Morgan fingerprint density at radius 2 is 1.58 bits per heavy atom. The Morgan fingerprint density at radius 1 is 0.907 bits per heavy atom. The molecule has 2 aromatic rings. The van der Waals surface area contributed by atoms with E-state index >= 15 is 0 Å². The van der Waals surface area contributed by atoms with Crippen molar-refractivity contribution in [2.24, 2.45) is 22.0 Å². The number of rotatable bonds is 4. The lowest BCUT2D eigenvalue weighted by atomic mass is 9.74. The number of aliphatic hydroxyl groups is 1. The molecule has 1 saturated heterocycles. The van der Waals surface area contributed by atoms with Crippen LogP contribution in [0, 0.1) is 11.8 Å². The van der Waals surface area contributed by atoms with Crippen LogP contribution in [0.3, 0.4) is 0 Å². The molecule has 1 aromatic heterocycles. The first-order valence-corrected chi connectivity index (χ1v) is 14.4. The molecular formula is C29H33F6N5O3. The number of aromatic nitrogens is 2. The molecule has 1 saturated carbocycles. The van der Waals surface area contributed by atoms with Crippen molar-refractivity contribution in [3.63, 3.8) is 0 Å². The average molecular weight is 614 g/mol. The topological polar surface area (TPSA) is 92.3 Å². The molecule has 0 spiro atoms. The summed E-state index contributed by atoms with van der Waals surface area (Å²) in [6.07, 6.45) is -10.9. The SMILES string of the molecule is CC1=NN=C(c2ccc(-n3ccc(C4CCN(C(=O)OC(C(F)(F)F)C(F)(F)F)CC4)n3)cc2)C2CCC[C@@H](O)CC[C@@H]12. The minimum absolute atomic E-state index is 0.0569. The zero-order chi connectivity index (χ0) is 30.9. The van der Waals surface area contributed by atoms with Crippen molar-refractivity contribution in [2.45, 2.75) is 82.3 Å². The number of halogens is 6. The van der Waals surface area contributed by atoms with Crippen molar-refractivity contribution in [3.8, 4) is 5.69 Å². The molecule has 5 rings (SSSR count). The molecule has 234 valence electrons. The number of benzene rings is 1. The third-order valence-electron chi connectivity index (χ3n) is 8.57. The van der Waals surface area contributed by atoms with Crippen LogP contribution in [0.25, 0.3) is 5.69 Å². The van der Waals surface area contributed by atoms with E-state index in [0.717, 1.165) is 59.7 Å². The fraction of sp³-hybridized carbons (Fsp3) is 0.586. The second-order valence-corrected chi connectivity index (χ2v) is 11.4. The Hall–Kier alpha value is -3.42. The maximum atomic E-state index is 12.8. The van der Waals surface area contributed by atoms with E-state index in [-0.39, 0.29) is 36.9 Å². The van der Waals surface area contributed by atoms with Crippen LogP contribution in [0.2, 0.25) is 0 Å². The van der Waals surface area contributed by atoms with Crippen molar-refractivity contribution in [1.82, 2.24) is 14.7 Å². The van der Waals surface area contributed by atoms with E-state index in [9.17, 15) is 36.2 Å². The van der Waals surface area contributed by atoms with E-state index in [1.165, 1.54) is 0 Å². The standard InChI is InChI=1S/C29H33F6N5O3/c1-17-22-10-9-21(41)3-2-4-23(22)25(37-36-17)19-5-7-20(8-6-19)40-16-13-24(38-40)18-11-14-39(15-12-18)27(42)43-26(28(30,31)32)29(33,34)35/h5-8,13,16,18,21-23,26,41H,2-4,9-12,14-15H2,1H3/t21-,22+,23?/m1/s1. The van der Waals surface area contributed by atoms with Crippen molar-refractivity contribution in [2.75, 3.05) is 13.1 Å². The number of alkyl halides is 6. The predicted molar refractivity (Wildman–Crippen MR) is 145 cm³/mol. The number of hydrogen-bond acceptors (Lipinski definition) is 6. The summed E-state index contributed by atoms with van der Waals surface area (Å²) in [6, 6.07) is 9.63. The van der Waals surface area contributed by atoms with Crippen LogP contribution < -0.4 is 0 Å². The molecule has 3 aliphatic rings. The smallest absolute Gasteiger partial charge is 0.426 e. The molecule has 3 atom stereocenters. The van der Waals surface area contributed by atoms with Gasteiger partial charge < -0.3 is 14.7 Å². The molecular weight excluding hydrogens is 580 g/mol. The molecule has 43 heavy (non-hydrogen) atoms. The molecule has 2 fully saturated rings.